The molecule has 0 aliphatic carbocycles. The van der Waals surface area contributed by atoms with Crippen molar-refractivity contribution >= 4 is 29.7 Å². The number of thioether (sulfide) groups is 1. The fourth-order valence-electron chi connectivity index (χ4n) is 3.48. The number of carbonyl (C=O) groups excluding carboxylic acids is 2. The predicted molar refractivity (Wildman–Crippen MR) is 146 cm³/mol. The predicted octanol–water partition coefficient (Wildman–Crippen LogP) is 6.39. The summed E-state index contributed by atoms with van der Waals surface area (Å²) in [6, 6.07) is 0. The van der Waals surface area contributed by atoms with E-state index in [1.165, 1.54) is 0 Å². The Kier molecular flexibility index (Phi) is 14.7. The highest BCUT2D eigenvalue weighted by atomic mass is 32.2. The largest absolute Gasteiger partial charge is 0.481 e. The van der Waals surface area contributed by atoms with Gasteiger partial charge < -0.3 is 19.7 Å². The first kappa shape index (κ1) is 34.7. The van der Waals surface area contributed by atoms with Crippen molar-refractivity contribution in [2.24, 2.45) is 11.3 Å². The summed E-state index contributed by atoms with van der Waals surface area (Å²) in [6.45, 7) is 17.2. The zero-order chi connectivity index (χ0) is 28.2. The maximum absolute atomic E-state index is 13.2. The molecule has 36 heavy (non-hydrogen) atoms. The molecule has 0 rings (SSSR count). The lowest BCUT2D eigenvalue weighted by atomic mass is 9.73. The molecular formula is C28H52O7S. The SMILES string of the molecule is CCC(C)(C)OC(=O)CCCC(C)(C)C(C)(C)OC(=O)C(CCCSCCC(=O)O)CCC(C)(C)O. The van der Waals surface area contributed by atoms with Gasteiger partial charge in [0.05, 0.1) is 17.9 Å². The molecule has 212 valence electrons. The summed E-state index contributed by atoms with van der Waals surface area (Å²) >= 11 is 1.57. The molecule has 8 heteroatoms. The number of aliphatic carboxylic acids is 1. The smallest absolute Gasteiger partial charge is 0.309 e. The molecule has 0 saturated carbocycles. The number of hydrogen-bond donors (Lipinski definition) is 2. The molecule has 0 aromatic carbocycles. The highest BCUT2D eigenvalue weighted by Gasteiger charge is 2.41. The molecule has 0 saturated heterocycles. The second kappa shape index (κ2) is 15.2. The third-order valence-corrected chi connectivity index (χ3v) is 8.22. The summed E-state index contributed by atoms with van der Waals surface area (Å²) in [6.07, 6.45) is 4.96. The van der Waals surface area contributed by atoms with E-state index in [1.807, 2.05) is 48.5 Å². The van der Waals surface area contributed by atoms with Crippen LogP contribution in [-0.4, -0.2) is 56.4 Å². The molecule has 0 radical (unpaired) electrons. The van der Waals surface area contributed by atoms with Crippen molar-refractivity contribution in [3.63, 3.8) is 0 Å². The Bertz CT molecular complexity index is 693. The van der Waals surface area contributed by atoms with E-state index in [4.69, 9.17) is 14.6 Å². The second-order valence-electron chi connectivity index (χ2n) is 12.2. The molecule has 0 heterocycles. The summed E-state index contributed by atoms with van der Waals surface area (Å²) in [4.78, 5) is 36.1. The minimum Gasteiger partial charge on any atom is -0.481 e. The fraction of sp³-hybridized carbons (Fsp3) is 0.893. The van der Waals surface area contributed by atoms with Crippen molar-refractivity contribution in [2.45, 2.75) is 137 Å². The van der Waals surface area contributed by atoms with Gasteiger partial charge in [-0.3, -0.25) is 14.4 Å². The van der Waals surface area contributed by atoms with Gasteiger partial charge in [0, 0.05) is 17.6 Å². The highest BCUT2D eigenvalue weighted by molar-refractivity contribution is 7.99. The van der Waals surface area contributed by atoms with Gasteiger partial charge in [0.15, 0.2) is 0 Å². The Morgan fingerprint density at radius 3 is 1.97 bits per heavy atom. The minimum atomic E-state index is -0.871. The molecular weight excluding hydrogens is 480 g/mol. The summed E-state index contributed by atoms with van der Waals surface area (Å²) in [5.41, 5.74) is -2.45. The first-order valence-electron chi connectivity index (χ1n) is 13.3. The summed E-state index contributed by atoms with van der Waals surface area (Å²) in [7, 11) is 0. The molecule has 1 unspecified atom stereocenters. The van der Waals surface area contributed by atoms with Gasteiger partial charge in [-0.05, 0) is 92.2 Å². The lowest BCUT2D eigenvalue weighted by Gasteiger charge is -2.42. The number of carboxylic acid groups (broad SMARTS) is 1. The Hall–Kier alpha value is -1.28. The Labute approximate surface area is 223 Å². The van der Waals surface area contributed by atoms with Crippen LogP contribution in [0.25, 0.3) is 0 Å². The highest BCUT2D eigenvalue weighted by Crippen LogP contribution is 2.39. The van der Waals surface area contributed by atoms with Crippen LogP contribution in [0.15, 0.2) is 0 Å². The topological polar surface area (TPSA) is 110 Å². The molecule has 0 aliphatic rings. The van der Waals surface area contributed by atoms with Crippen LogP contribution in [0.5, 0.6) is 0 Å². The Morgan fingerprint density at radius 2 is 1.44 bits per heavy atom. The Morgan fingerprint density at radius 1 is 0.833 bits per heavy atom. The standard InChI is InChI=1S/C28H52O7S/c1-10-27(6,7)34-23(31)14-11-17-25(2,3)28(8,9)35-24(32)21(15-18-26(4,5)33)13-12-19-36-20-16-22(29)30/h21,33H,10-20H2,1-9H3,(H,29,30). The fourth-order valence-corrected chi connectivity index (χ4v) is 4.37. The number of carboxylic acids is 1. The molecule has 0 spiro atoms. The van der Waals surface area contributed by atoms with Gasteiger partial charge in [0.1, 0.15) is 11.2 Å². The molecule has 1 atom stereocenters. The van der Waals surface area contributed by atoms with Crippen molar-refractivity contribution < 1.29 is 34.1 Å². The van der Waals surface area contributed by atoms with Crippen LogP contribution in [0.4, 0.5) is 0 Å². The minimum absolute atomic E-state index is 0.131. The zero-order valence-corrected chi connectivity index (χ0v) is 25.0. The molecule has 0 aromatic rings. The van der Waals surface area contributed by atoms with E-state index in [0.29, 0.717) is 44.3 Å². The molecule has 0 amide bonds. The van der Waals surface area contributed by atoms with E-state index in [2.05, 4.69) is 0 Å². The lowest BCUT2D eigenvalue weighted by molar-refractivity contribution is -0.175. The second-order valence-corrected chi connectivity index (χ2v) is 13.4. The third-order valence-electron chi connectivity index (χ3n) is 7.15. The molecule has 2 N–H and O–H groups in total. The van der Waals surface area contributed by atoms with Crippen LogP contribution in [-0.2, 0) is 23.9 Å². The summed E-state index contributed by atoms with van der Waals surface area (Å²) in [5, 5.41) is 18.9. The van der Waals surface area contributed by atoms with Crippen LogP contribution in [0.2, 0.25) is 0 Å². The number of rotatable bonds is 19. The van der Waals surface area contributed by atoms with Crippen LogP contribution in [0.3, 0.4) is 0 Å². The van der Waals surface area contributed by atoms with E-state index in [-0.39, 0.29) is 29.7 Å². The van der Waals surface area contributed by atoms with Gasteiger partial charge in [-0.25, -0.2) is 0 Å². The number of carbonyl (C=O) groups is 3. The first-order valence-corrected chi connectivity index (χ1v) is 14.4. The number of aliphatic hydroxyl groups is 1. The number of hydrogen-bond acceptors (Lipinski definition) is 7. The van der Waals surface area contributed by atoms with E-state index in [9.17, 15) is 19.5 Å². The summed E-state index contributed by atoms with van der Waals surface area (Å²) < 4.78 is 11.6. The van der Waals surface area contributed by atoms with Gasteiger partial charge in [0.2, 0.25) is 0 Å². The molecule has 0 bridgehead atoms. The number of ether oxygens (including phenoxy) is 2. The molecule has 0 aromatic heterocycles. The monoisotopic (exact) mass is 532 g/mol. The van der Waals surface area contributed by atoms with Crippen molar-refractivity contribution in [1.29, 1.82) is 0 Å². The molecule has 0 fully saturated rings. The van der Waals surface area contributed by atoms with Gasteiger partial charge in [0.25, 0.3) is 0 Å². The summed E-state index contributed by atoms with van der Waals surface area (Å²) in [5.74, 6) is -0.283. The van der Waals surface area contributed by atoms with Gasteiger partial charge >= 0.3 is 17.9 Å². The average Bonchev–Trinajstić information content (AvgIpc) is 2.70. The lowest BCUT2D eigenvalue weighted by Crippen LogP contribution is -2.44. The molecule has 7 nitrogen and oxygen atoms in total. The third kappa shape index (κ3) is 15.1. The quantitative estimate of drug-likeness (QED) is 0.145. The van der Waals surface area contributed by atoms with Crippen molar-refractivity contribution in [3.05, 3.63) is 0 Å². The van der Waals surface area contributed by atoms with E-state index in [1.54, 1.807) is 25.6 Å². The van der Waals surface area contributed by atoms with Crippen LogP contribution in [0.1, 0.15) is 120 Å². The van der Waals surface area contributed by atoms with E-state index >= 15 is 0 Å². The van der Waals surface area contributed by atoms with Crippen molar-refractivity contribution in [2.75, 3.05) is 11.5 Å². The van der Waals surface area contributed by atoms with Crippen LogP contribution >= 0.6 is 11.8 Å². The maximum atomic E-state index is 13.2. The van der Waals surface area contributed by atoms with Gasteiger partial charge in [-0.1, -0.05) is 20.8 Å². The van der Waals surface area contributed by atoms with E-state index < -0.39 is 22.8 Å². The average molecular weight is 533 g/mol. The number of esters is 2. The van der Waals surface area contributed by atoms with Crippen LogP contribution < -0.4 is 0 Å². The van der Waals surface area contributed by atoms with Crippen molar-refractivity contribution in [1.82, 2.24) is 0 Å². The zero-order valence-electron chi connectivity index (χ0n) is 24.2. The van der Waals surface area contributed by atoms with E-state index in [0.717, 1.165) is 18.6 Å². The van der Waals surface area contributed by atoms with Crippen molar-refractivity contribution in [3.8, 4) is 0 Å². The first-order chi connectivity index (χ1) is 16.3. The van der Waals surface area contributed by atoms with Gasteiger partial charge in [-0.15, -0.1) is 0 Å². The normalized spacial score (nSPS) is 13.8. The molecule has 0 aliphatic heterocycles. The van der Waals surface area contributed by atoms with Crippen LogP contribution in [0, 0.1) is 11.3 Å². The maximum Gasteiger partial charge on any atom is 0.309 e. The Balaban J connectivity index is 4.99. The van der Waals surface area contributed by atoms with Gasteiger partial charge in [-0.2, -0.15) is 11.8 Å².